The van der Waals surface area contributed by atoms with Gasteiger partial charge in [0.15, 0.2) is 0 Å². The van der Waals surface area contributed by atoms with Crippen LogP contribution in [0.4, 0.5) is 5.82 Å². The van der Waals surface area contributed by atoms with E-state index in [-0.39, 0.29) is 12.0 Å². The Kier molecular flexibility index (Phi) is 6.46. The first-order valence-corrected chi connectivity index (χ1v) is 10.4. The first kappa shape index (κ1) is 19.9. The quantitative estimate of drug-likeness (QED) is 0.779. The second-order valence-corrected chi connectivity index (χ2v) is 7.75. The molecule has 2 aliphatic heterocycles. The molecule has 2 fully saturated rings. The molecule has 2 aromatic heterocycles. The van der Waals surface area contributed by atoms with Gasteiger partial charge in [0.25, 0.3) is 5.91 Å². The van der Waals surface area contributed by atoms with Gasteiger partial charge >= 0.3 is 0 Å². The van der Waals surface area contributed by atoms with Crippen molar-refractivity contribution in [3.05, 3.63) is 46.7 Å². The second-order valence-electron chi connectivity index (χ2n) is 7.34. The van der Waals surface area contributed by atoms with E-state index in [2.05, 4.69) is 20.2 Å². The molecular formula is C21H25ClN4O3. The fourth-order valence-corrected chi connectivity index (χ4v) is 3.74. The molecule has 0 bridgehead atoms. The number of anilines is 1. The van der Waals surface area contributed by atoms with Gasteiger partial charge in [-0.3, -0.25) is 4.79 Å². The van der Waals surface area contributed by atoms with Crippen molar-refractivity contribution >= 4 is 23.3 Å². The summed E-state index contributed by atoms with van der Waals surface area (Å²) in [5.74, 6) is 1.12. The molecule has 0 aromatic carbocycles. The van der Waals surface area contributed by atoms with E-state index < -0.39 is 0 Å². The molecule has 154 valence electrons. The number of hydrogen-bond acceptors (Lipinski definition) is 6. The van der Waals surface area contributed by atoms with E-state index in [1.807, 2.05) is 18.3 Å². The Hall–Kier alpha value is -2.38. The Labute approximate surface area is 175 Å². The normalized spacial score (nSPS) is 17.3. The zero-order valence-corrected chi connectivity index (χ0v) is 17.0. The lowest BCUT2D eigenvalue weighted by atomic mass is 10.1. The first-order valence-electron chi connectivity index (χ1n) is 10.1. The van der Waals surface area contributed by atoms with E-state index in [0.29, 0.717) is 36.2 Å². The van der Waals surface area contributed by atoms with Gasteiger partial charge in [-0.1, -0.05) is 17.7 Å². The van der Waals surface area contributed by atoms with Crippen molar-refractivity contribution in [3.63, 3.8) is 0 Å². The molecule has 29 heavy (non-hydrogen) atoms. The number of carbonyl (C=O) groups is 1. The van der Waals surface area contributed by atoms with Gasteiger partial charge in [0.2, 0.25) is 5.88 Å². The van der Waals surface area contributed by atoms with E-state index in [1.165, 1.54) is 19.0 Å². The minimum atomic E-state index is -0.236. The highest BCUT2D eigenvalue weighted by Gasteiger charge is 2.18. The summed E-state index contributed by atoms with van der Waals surface area (Å²) in [5, 5.41) is 3.22. The molecule has 1 N–H and O–H groups in total. The van der Waals surface area contributed by atoms with Gasteiger partial charge in [0.1, 0.15) is 16.9 Å². The molecule has 7 nitrogen and oxygen atoms in total. The Morgan fingerprint density at radius 1 is 1.21 bits per heavy atom. The van der Waals surface area contributed by atoms with Crippen LogP contribution in [0.25, 0.3) is 0 Å². The fourth-order valence-electron chi connectivity index (χ4n) is 3.53. The Morgan fingerprint density at radius 2 is 2.00 bits per heavy atom. The van der Waals surface area contributed by atoms with Gasteiger partial charge in [0, 0.05) is 44.9 Å². The Bertz CT molecular complexity index is 834. The van der Waals surface area contributed by atoms with Crippen LogP contribution < -0.4 is 15.0 Å². The van der Waals surface area contributed by atoms with Gasteiger partial charge in [-0.2, -0.15) is 0 Å². The lowest BCUT2D eigenvalue weighted by Gasteiger charge is -2.23. The third-order valence-corrected chi connectivity index (χ3v) is 5.48. The summed E-state index contributed by atoms with van der Waals surface area (Å²) in [5.41, 5.74) is 1.34. The maximum Gasteiger partial charge on any atom is 0.253 e. The third-order valence-electron chi connectivity index (χ3n) is 5.21. The number of aromatic nitrogens is 2. The number of rotatable bonds is 6. The van der Waals surface area contributed by atoms with Crippen molar-refractivity contribution in [2.45, 2.75) is 38.3 Å². The Balaban J connectivity index is 1.31. The van der Waals surface area contributed by atoms with Crippen molar-refractivity contribution < 1.29 is 14.3 Å². The summed E-state index contributed by atoms with van der Waals surface area (Å²) in [7, 11) is 0. The van der Waals surface area contributed by atoms with Crippen LogP contribution in [0.3, 0.4) is 0 Å². The SMILES string of the molecule is O=C(NCc1ccc(N2CCCC2)nc1)c1cnc(OC2CCOCC2)c(Cl)c1. The molecule has 4 rings (SSSR count). The lowest BCUT2D eigenvalue weighted by molar-refractivity contribution is 0.0238. The molecule has 2 saturated heterocycles. The van der Waals surface area contributed by atoms with E-state index in [9.17, 15) is 4.79 Å². The minimum Gasteiger partial charge on any atom is -0.473 e. The highest BCUT2D eigenvalue weighted by molar-refractivity contribution is 6.32. The number of nitrogens with zero attached hydrogens (tertiary/aromatic N) is 3. The smallest absolute Gasteiger partial charge is 0.253 e. The summed E-state index contributed by atoms with van der Waals surface area (Å²) in [6.07, 6.45) is 7.40. The average molecular weight is 417 g/mol. The Morgan fingerprint density at radius 3 is 2.69 bits per heavy atom. The summed E-state index contributed by atoms with van der Waals surface area (Å²) < 4.78 is 11.2. The van der Waals surface area contributed by atoms with Crippen LogP contribution in [0, 0.1) is 0 Å². The molecule has 4 heterocycles. The van der Waals surface area contributed by atoms with E-state index in [1.54, 1.807) is 6.07 Å². The molecule has 0 spiro atoms. The van der Waals surface area contributed by atoms with Crippen molar-refractivity contribution in [2.75, 3.05) is 31.2 Å². The van der Waals surface area contributed by atoms with Crippen LogP contribution in [0.1, 0.15) is 41.6 Å². The van der Waals surface area contributed by atoms with Gasteiger partial charge in [-0.25, -0.2) is 9.97 Å². The first-order chi connectivity index (χ1) is 14.2. The second kappa shape index (κ2) is 9.41. The van der Waals surface area contributed by atoms with E-state index in [4.69, 9.17) is 21.1 Å². The molecular weight excluding hydrogens is 392 g/mol. The van der Waals surface area contributed by atoms with Gasteiger partial charge < -0.3 is 19.7 Å². The molecule has 8 heteroatoms. The fraction of sp³-hybridized carbons (Fsp3) is 0.476. The topological polar surface area (TPSA) is 76.6 Å². The monoisotopic (exact) mass is 416 g/mol. The predicted octanol–water partition coefficient (Wildman–Crippen LogP) is 3.22. The third kappa shape index (κ3) is 5.16. The standard InChI is InChI=1S/C21H25ClN4O3/c22-18-11-16(14-25-21(18)29-17-5-9-28-10-6-17)20(27)24-13-15-3-4-19(23-12-15)26-7-1-2-8-26/h3-4,11-12,14,17H,1-2,5-10,13H2,(H,24,27). The van der Waals surface area contributed by atoms with Crippen molar-refractivity contribution in [3.8, 4) is 5.88 Å². The van der Waals surface area contributed by atoms with Crippen molar-refractivity contribution in [1.29, 1.82) is 0 Å². The van der Waals surface area contributed by atoms with Gasteiger partial charge in [0.05, 0.1) is 18.8 Å². The summed E-state index contributed by atoms with van der Waals surface area (Å²) in [4.78, 5) is 23.5. The molecule has 0 saturated carbocycles. The highest BCUT2D eigenvalue weighted by Crippen LogP contribution is 2.25. The lowest BCUT2D eigenvalue weighted by Crippen LogP contribution is -2.26. The maximum absolute atomic E-state index is 12.5. The van der Waals surface area contributed by atoms with Crippen LogP contribution in [-0.2, 0) is 11.3 Å². The summed E-state index contributed by atoms with van der Waals surface area (Å²) >= 11 is 6.28. The van der Waals surface area contributed by atoms with Crippen LogP contribution in [0.15, 0.2) is 30.6 Å². The number of hydrogen-bond donors (Lipinski definition) is 1. The molecule has 2 aliphatic rings. The maximum atomic E-state index is 12.5. The van der Waals surface area contributed by atoms with Gasteiger partial charge in [-0.15, -0.1) is 0 Å². The summed E-state index contributed by atoms with van der Waals surface area (Å²) in [6.45, 7) is 3.87. The highest BCUT2D eigenvalue weighted by atomic mass is 35.5. The molecule has 0 radical (unpaired) electrons. The molecule has 2 aromatic rings. The number of ether oxygens (including phenoxy) is 2. The van der Waals surface area contributed by atoms with Gasteiger partial charge in [-0.05, 0) is 30.5 Å². The molecule has 0 unspecified atom stereocenters. The van der Waals surface area contributed by atoms with Crippen molar-refractivity contribution in [1.82, 2.24) is 15.3 Å². The molecule has 0 atom stereocenters. The van der Waals surface area contributed by atoms with Crippen molar-refractivity contribution in [2.24, 2.45) is 0 Å². The molecule has 1 amide bonds. The van der Waals surface area contributed by atoms with Crippen LogP contribution in [-0.4, -0.2) is 48.3 Å². The van der Waals surface area contributed by atoms with E-state index >= 15 is 0 Å². The number of pyridine rings is 2. The van der Waals surface area contributed by atoms with Crippen LogP contribution in [0.5, 0.6) is 5.88 Å². The van der Waals surface area contributed by atoms with Crippen LogP contribution in [0.2, 0.25) is 5.02 Å². The van der Waals surface area contributed by atoms with Crippen LogP contribution >= 0.6 is 11.6 Å². The zero-order chi connectivity index (χ0) is 20.1. The number of nitrogens with one attached hydrogen (secondary N) is 1. The average Bonchev–Trinajstić information content (AvgIpc) is 3.29. The van der Waals surface area contributed by atoms with E-state index in [0.717, 1.165) is 37.3 Å². The predicted molar refractivity (Wildman–Crippen MR) is 111 cm³/mol. The zero-order valence-electron chi connectivity index (χ0n) is 16.3. The summed E-state index contributed by atoms with van der Waals surface area (Å²) in [6, 6.07) is 5.60. The number of carbonyl (C=O) groups excluding carboxylic acids is 1. The number of halogens is 1. The number of amides is 1. The molecule has 0 aliphatic carbocycles. The minimum absolute atomic E-state index is 0.0458. The largest absolute Gasteiger partial charge is 0.473 e.